The van der Waals surface area contributed by atoms with Crippen LogP contribution in [0.4, 0.5) is 0 Å². The van der Waals surface area contributed by atoms with Gasteiger partial charge in [-0.1, -0.05) is 0 Å². The molecule has 0 aliphatic carbocycles. The van der Waals surface area contributed by atoms with Gasteiger partial charge in [-0.3, -0.25) is 4.79 Å². The standard InChI is InChI=1S/C12H17NO5S/c1-13(6-3-7-19(2,17)18)12(16)10-5-4-9(14)8-11(10)15/h4-5,8,14-15H,3,6-7H2,1-2H3. The first kappa shape index (κ1) is 15.3. The Hall–Kier alpha value is -1.76. The molecule has 0 unspecified atom stereocenters. The number of benzene rings is 1. The van der Waals surface area contributed by atoms with E-state index in [1.54, 1.807) is 0 Å². The molecule has 0 aromatic heterocycles. The monoisotopic (exact) mass is 287 g/mol. The number of phenols is 2. The first-order valence-corrected chi connectivity index (χ1v) is 7.72. The average Bonchev–Trinajstić information content (AvgIpc) is 2.26. The molecular formula is C12H17NO5S. The highest BCUT2D eigenvalue weighted by Crippen LogP contribution is 2.23. The van der Waals surface area contributed by atoms with Crippen LogP contribution in [0.15, 0.2) is 18.2 Å². The van der Waals surface area contributed by atoms with Crippen LogP contribution in [-0.4, -0.2) is 55.0 Å². The summed E-state index contributed by atoms with van der Waals surface area (Å²) in [7, 11) is -1.52. The van der Waals surface area contributed by atoms with E-state index in [1.807, 2.05) is 0 Å². The normalized spacial score (nSPS) is 11.3. The van der Waals surface area contributed by atoms with E-state index < -0.39 is 15.7 Å². The Balaban J connectivity index is 2.67. The van der Waals surface area contributed by atoms with E-state index in [0.717, 1.165) is 12.3 Å². The van der Waals surface area contributed by atoms with E-state index in [1.165, 1.54) is 24.1 Å². The summed E-state index contributed by atoms with van der Waals surface area (Å²) < 4.78 is 21.9. The summed E-state index contributed by atoms with van der Waals surface area (Å²) in [5, 5.41) is 18.7. The van der Waals surface area contributed by atoms with Gasteiger partial charge in [-0.15, -0.1) is 0 Å². The lowest BCUT2D eigenvalue weighted by molar-refractivity contribution is 0.0792. The maximum atomic E-state index is 12.0. The maximum Gasteiger partial charge on any atom is 0.257 e. The van der Waals surface area contributed by atoms with Crippen LogP contribution in [-0.2, 0) is 9.84 Å². The van der Waals surface area contributed by atoms with Crippen LogP contribution < -0.4 is 0 Å². The van der Waals surface area contributed by atoms with E-state index in [-0.39, 0.29) is 29.4 Å². The van der Waals surface area contributed by atoms with Crippen LogP contribution in [0.25, 0.3) is 0 Å². The quantitative estimate of drug-likeness (QED) is 0.827. The van der Waals surface area contributed by atoms with E-state index in [0.29, 0.717) is 6.42 Å². The number of aromatic hydroxyl groups is 2. The van der Waals surface area contributed by atoms with E-state index in [4.69, 9.17) is 5.11 Å². The minimum absolute atomic E-state index is 0.00613. The summed E-state index contributed by atoms with van der Waals surface area (Å²) in [4.78, 5) is 13.3. The Labute approximate surface area is 112 Å². The van der Waals surface area contributed by atoms with Gasteiger partial charge in [-0.05, 0) is 18.6 Å². The molecule has 1 aromatic carbocycles. The topological polar surface area (TPSA) is 94.9 Å². The van der Waals surface area contributed by atoms with E-state index in [9.17, 15) is 18.3 Å². The zero-order valence-corrected chi connectivity index (χ0v) is 11.6. The zero-order chi connectivity index (χ0) is 14.6. The molecule has 0 bridgehead atoms. The number of carbonyl (C=O) groups excluding carboxylic acids is 1. The number of nitrogens with zero attached hydrogens (tertiary/aromatic N) is 1. The Kier molecular flexibility index (Phi) is 4.77. The van der Waals surface area contributed by atoms with Crippen molar-refractivity contribution in [1.82, 2.24) is 4.90 Å². The van der Waals surface area contributed by atoms with Crippen molar-refractivity contribution in [2.45, 2.75) is 6.42 Å². The number of sulfone groups is 1. The molecule has 0 aliphatic heterocycles. The first-order valence-electron chi connectivity index (χ1n) is 5.66. The molecule has 7 heteroatoms. The van der Waals surface area contributed by atoms with Gasteiger partial charge in [-0.25, -0.2) is 8.42 Å². The van der Waals surface area contributed by atoms with Crippen molar-refractivity contribution in [3.8, 4) is 11.5 Å². The molecule has 6 nitrogen and oxygen atoms in total. The highest BCUT2D eigenvalue weighted by Gasteiger charge is 2.16. The summed E-state index contributed by atoms with van der Waals surface area (Å²) in [6.45, 7) is 0.270. The van der Waals surface area contributed by atoms with Gasteiger partial charge < -0.3 is 15.1 Å². The third kappa shape index (κ3) is 4.78. The molecule has 1 amide bonds. The summed E-state index contributed by atoms with van der Waals surface area (Å²) in [5.74, 6) is -0.855. The highest BCUT2D eigenvalue weighted by atomic mass is 32.2. The van der Waals surface area contributed by atoms with Gasteiger partial charge >= 0.3 is 0 Å². The molecule has 0 heterocycles. The number of hydrogen-bond donors (Lipinski definition) is 2. The van der Waals surface area contributed by atoms with Crippen molar-refractivity contribution in [2.75, 3.05) is 25.6 Å². The molecule has 106 valence electrons. The predicted molar refractivity (Wildman–Crippen MR) is 71.1 cm³/mol. The van der Waals surface area contributed by atoms with Crippen LogP contribution in [0.1, 0.15) is 16.8 Å². The van der Waals surface area contributed by atoms with Crippen LogP contribution in [0.5, 0.6) is 11.5 Å². The fraction of sp³-hybridized carbons (Fsp3) is 0.417. The maximum absolute atomic E-state index is 12.0. The van der Waals surface area contributed by atoms with Gasteiger partial charge in [0.2, 0.25) is 0 Å². The number of amides is 1. The number of phenolic OH excluding ortho intramolecular Hbond substituents is 2. The smallest absolute Gasteiger partial charge is 0.257 e. The Morgan fingerprint density at radius 3 is 2.47 bits per heavy atom. The predicted octanol–water partition coefficient (Wildman–Crippen LogP) is 0.605. The minimum Gasteiger partial charge on any atom is -0.508 e. The molecule has 0 radical (unpaired) electrons. The lowest BCUT2D eigenvalue weighted by Crippen LogP contribution is -2.28. The van der Waals surface area contributed by atoms with Crippen molar-refractivity contribution < 1.29 is 23.4 Å². The minimum atomic E-state index is -3.04. The molecule has 0 atom stereocenters. The number of carbonyl (C=O) groups is 1. The van der Waals surface area contributed by atoms with Crippen molar-refractivity contribution in [3.05, 3.63) is 23.8 Å². The third-order valence-electron chi connectivity index (χ3n) is 2.57. The van der Waals surface area contributed by atoms with Crippen molar-refractivity contribution in [3.63, 3.8) is 0 Å². The van der Waals surface area contributed by atoms with Gasteiger partial charge in [0, 0.05) is 25.9 Å². The van der Waals surface area contributed by atoms with Crippen molar-refractivity contribution in [2.24, 2.45) is 0 Å². The molecule has 0 fully saturated rings. The molecule has 19 heavy (non-hydrogen) atoms. The summed E-state index contributed by atoms with van der Waals surface area (Å²) >= 11 is 0. The summed E-state index contributed by atoms with van der Waals surface area (Å²) in [6, 6.07) is 3.70. The zero-order valence-electron chi connectivity index (χ0n) is 10.8. The Morgan fingerprint density at radius 2 is 1.95 bits per heavy atom. The van der Waals surface area contributed by atoms with Crippen molar-refractivity contribution in [1.29, 1.82) is 0 Å². The van der Waals surface area contributed by atoms with Gasteiger partial charge in [0.15, 0.2) is 0 Å². The summed E-state index contributed by atoms with van der Waals surface area (Å²) in [5.41, 5.74) is 0.0691. The molecule has 1 rings (SSSR count). The van der Waals surface area contributed by atoms with Crippen LogP contribution in [0.3, 0.4) is 0 Å². The molecular weight excluding hydrogens is 270 g/mol. The summed E-state index contributed by atoms with van der Waals surface area (Å²) in [6.07, 6.45) is 1.47. The van der Waals surface area contributed by atoms with E-state index >= 15 is 0 Å². The van der Waals surface area contributed by atoms with Gasteiger partial charge in [0.05, 0.1) is 11.3 Å². The number of rotatable bonds is 5. The molecule has 0 saturated heterocycles. The van der Waals surface area contributed by atoms with Gasteiger partial charge in [0.1, 0.15) is 21.3 Å². The fourth-order valence-electron chi connectivity index (χ4n) is 1.57. The third-order valence-corrected chi connectivity index (χ3v) is 3.60. The molecule has 0 saturated carbocycles. The van der Waals surface area contributed by atoms with Gasteiger partial charge in [-0.2, -0.15) is 0 Å². The molecule has 1 aromatic rings. The fourth-order valence-corrected chi connectivity index (χ4v) is 2.23. The second kappa shape index (κ2) is 5.92. The molecule has 0 aliphatic rings. The number of hydrogen-bond acceptors (Lipinski definition) is 5. The van der Waals surface area contributed by atoms with Crippen molar-refractivity contribution >= 4 is 15.7 Å². The van der Waals surface area contributed by atoms with Crippen LogP contribution >= 0.6 is 0 Å². The largest absolute Gasteiger partial charge is 0.508 e. The second-order valence-corrected chi connectivity index (χ2v) is 6.67. The van der Waals surface area contributed by atoms with Crippen LogP contribution in [0.2, 0.25) is 0 Å². The lowest BCUT2D eigenvalue weighted by Gasteiger charge is -2.17. The Bertz CT molecular complexity index is 567. The Morgan fingerprint density at radius 1 is 1.32 bits per heavy atom. The highest BCUT2D eigenvalue weighted by molar-refractivity contribution is 7.90. The first-order chi connectivity index (χ1) is 8.70. The lowest BCUT2D eigenvalue weighted by atomic mass is 10.1. The SMILES string of the molecule is CN(CCCS(C)(=O)=O)C(=O)c1ccc(O)cc1O. The second-order valence-electron chi connectivity index (χ2n) is 4.41. The van der Waals surface area contributed by atoms with Gasteiger partial charge in [0.25, 0.3) is 5.91 Å². The van der Waals surface area contributed by atoms with E-state index in [2.05, 4.69) is 0 Å². The average molecular weight is 287 g/mol. The molecule has 0 spiro atoms. The molecule has 2 N–H and O–H groups in total. The van der Waals surface area contributed by atoms with Crippen LogP contribution in [0, 0.1) is 0 Å².